The van der Waals surface area contributed by atoms with Gasteiger partial charge in [-0.2, -0.15) is 0 Å². The Morgan fingerprint density at radius 3 is 2.43 bits per heavy atom. The van der Waals surface area contributed by atoms with E-state index in [-0.39, 0.29) is 5.78 Å². The van der Waals surface area contributed by atoms with Crippen LogP contribution in [0.3, 0.4) is 0 Å². The van der Waals surface area contributed by atoms with Crippen molar-refractivity contribution >= 4 is 11.6 Å². The summed E-state index contributed by atoms with van der Waals surface area (Å²) in [5.74, 6) is 3.73. The van der Waals surface area contributed by atoms with Crippen LogP contribution in [0.2, 0.25) is 0 Å². The van der Waals surface area contributed by atoms with Gasteiger partial charge in [0.05, 0.1) is 5.69 Å². The molecule has 4 aliphatic rings. The lowest BCUT2D eigenvalue weighted by Crippen LogP contribution is -2.46. The van der Waals surface area contributed by atoms with E-state index in [4.69, 9.17) is 0 Å². The zero-order valence-corrected chi connectivity index (χ0v) is 13.4. The molecule has 0 aliphatic heterocycles. The summed E-state index contributed by atoms with van der Waals surface area (Å²) in [6.45, 7) is 0. The molecule has 0 saturated heterocycles. The number of carbonyl (C=O) groups is 1. The molecule has 0 atom stereocenters. The van der Waals surface area contributed by atoms with Gasteiger partial charge in [0.25, 0.3) is 0 Å². The van der Waals surface area contributed by atoms with E-state index in [0.29, 0.717) is 17.6 Å². The molecule has 4 heteroatoms. The molecule has 0 spiro atoms. The Balaban J connectivity index is 1.34. The Kier molecular flexibility index (Phi) is 2.91. The van der Waals surface area contributed by atoms with Crippen molar-refractivity contribution in [1.29, 1.82) is 0 Å². The molecule has 0 radical (unpaired) electrons. The van der Waals surface area contributed by atoms with Crippen molar-refractivity contribution in [3.05, 3.63) is 30.4 Å². The van der Waals surface area contributed by atoms with E-state index in [1.807, 2.05) is 16.7 Å². The predicted molar refractivity (Wildman–Crippen MR) is 87.2 cm³/mol. The van der Waals surface area contributed by atoms with E-state index in [1.165, 1.54) is 38.5 Å². The minimum Gasteiger partial charge on any atom is -0.293 e. The third-order valence-electron chi connectivity index (χ3n) is 6.64. The highest BCUT2D eigenvalue weighted by molar-refractivity contribution is 5.94. The number of hydrogen-bond donors (Lipinski definition) is 0. The van der Waals surface area contributed by atoms with Gasteiger partial charge < -0.3 is 0 Å². The van der Waals surface area contributed by atoms with Crippen LogP contribution in [-0.2, 0) is 0 Å². The molecule has 2 aromatic heterocycles. The van der Waals surface area contributed by atoms with Gasteiger partial charge in [0, 0.05) is 25.0 Å². The third-order valence-corrected chi connectivity index (χ3v) is 6.64. The van der Waals surface area contributed by atoms with Crippen LogP contribution in [0.25, 0.3) is 5.78 Å². The quantitative estimate of drug-likeness (QED) is 0.805. The number of hydrogen-bond acceptors (Lipinski definition) is 3. The van der Waals surface area contributed by atoms with Crippen LogP contribution in [0.15, 0.2) is 24.7 Å². The topological polar surface area (TPSA) is 47.3 Å². The zero-order valence-electron chi connectivity index (χ0n) is 13.4. The molecule has 4 saturated carbocycles. The number of aromatic nitrogens is 3. The monoisotopic (exact) mass is 309 g/mol. The second-order valence-corrected chi connectivity index (χ2v) is 8.27. The van der Waals surface area contributed by atoms with E-state index in [1.54, 1.807) is 12.4 Å². The highest BCUT2D eigenvalue weighted by atomic mass is 16.1. The van der Waals surface area contributed by atoms with Crippen molar-refractivity contribution in [1.82, 2.24) is 14.4 Å². The van der Waals surface area contributed by atoms with Gasteiger partial charge in [-0.3, -0.25) is 9.20 Å². The van der Waals surface area contributed by atoms with Crippen LogP contribution in [0.5, 0.6) is 0 Å². The van der Waals surface area contributed by atoms with E-state index in [0.717, 1.165) is 29.9 Å². The fourth-order valence-electron chi connectivity index (χ4n) is 6.16. The predicted octanol–water partition coefficient (Wildman–Crippen LogP) is 3.91. The van der Waals surface area contributed by atoms with Gasteiger partial charge in [0.15, 0.2) is 5.78 Å². The van der Waals surface area contributed by atoms with Gasteiger partial charge in [-0.05, 0) is 74.2 Å². The Labute approximate surface area is 136 Å². The van der Waals surface area contributed by atoms with Crippen molar-refractivity contribution in [3.8, 4) is 0 Å². The van der Waals surface area contributed by atoms with Gasteiger partial charge in [-0.15, -0.1) is 0 Å². The lowest BCUT2D eigenvalue weighted by Gasteiger charge is -2.57. The molecule has 4 bridgehead atoms. The highest BCUT2D eigenvalue weighted by Gasteiger charge is 2.50. The van der Waals surface area contributed by atoms with Gasteiger partial charge in [0.1, 0.15) is 0 Å². The molecule has 2 heterocycles. The number of imidazole rings is 1. The summed E-state index contributed by atoms with van der Waals surface area (Å²) in [7, 11) is 0. The fourth-order valence-corrected chi connectivity index (χ4v) is 6.16. The van der Waals surface area contributed by atoms with Crippen molar-refractivity contribution in [2.45, 2.75) is 51.4 Å². The second kappa shape index (κ2) is 4.89. The number of nitrogens with zero attached hydrogens (tertiary/aromatic N) is 3. The lowest BCUT2D eigenvalue weighted by atomic mass is 9.48. The molecule has 6 rings (SSSR count). The van der Waals surface area contributed by atoms with Crippen molar-refractivity contribution < 1.29 is 4.79 Å². The first-order valence-corrected chi connectivity index (χ1v) is 9.02. The lowest BCUT2D eigenvalue weighted by molar-refractivity contribution is -0.0570. The van der Waals surface area contributed by atoms with E-state index in [2.05, 4.69) is 9.97 Å². The summed E-state index contributed by atoms with van der Waals surface area (Å²) in [4.78, 5) is 21.1. The molecule has 0 amide bonds. The van der Waals surface area contributed by atoms with Gasteiger partial charge in [-0.1, -0.05) is 0 Å². The summed E-state index contributed by atoms with van der Waals surface area (Å²) in [6.07, 6.45) is 15.5. The molecule has 4 aliphatic carbocycles. The normalized spacial score (nSPS) is 35.0. The number of fused-ring (bicyclic) bond motifs is 1. The first kappa shape index (κ1) is 13.7. The molecule has 2 aromatic rings. The Morgan fingerprint density at radius 1 is 1.09 bits per heavy atom. The molecule has 4 fully saturated rings. The molecule has 0 aromatic carbocycles. The third kappa shape index (κ3) is 2.22. The number of Topliss-reactive ketones (excluding diaryl/α,β-unsaturated/α-hetero) is 1. The first-order chi connectivity index (χ1) is 11.2. The number of carbonyl (C=O) groups excluding carboxylic acids is 1. The summed E-state index contributed by atoms with van der Waals surface area (Å²) < 4.78 is 1.82. The van der Waals surface area contributed by atoms with Crippen LogP contribution in [0.4, 0.5) is 0 Å². The minimum atomic E-state index is 0.242. The highest BCUT2D eigenvalue weighted by Crippen LogP contribution is 2.61. The maximum absolute atomic E-state index is 12.8. The summed E-state index contributed by atoms with van der Waals surface area (Å²) in [5.41, 5.74) is 1.21. The Bertz CT molecular complexity index is 728. The molecular formula is C19H23N3O. The molecule has 0 unspecified atom stereocenters. The largest absolute Gasteiger partial charge is 0.293 e. The minimum absolute atomic E-state index is 0.242. The molecule has 120 valence electrons. The Hall–Kier alpha value is -1.71. The van der Waals surface area contributed by atoms with Gasteiger partial charge >= 0.3 is 0 Å². The molecule has 0 N–H and O–H groups in total. The molecule has 4 nitrogen and oxygen atoms in total. The van der Waals surface area contributed by atoms with E-state index in [9.17, 15) is 4.79 Å². The van der Waals surface area contributed by atoms with Crippen LogP contribution < -0.4 is 0 Å². The smallest absolute Gasteiger partial charge is 0.234 e. The summed E-state index contributed by atoms with van der Waals surface area (Å²) >= 11 is 0. The van der Waals surface area contributed by atoms with Crippen LogP contribution in [0, 0.1) is 23.2 Å². The Morgan fingerprint density at radius 2 is 1.74 bits per heavy atom. The average Bonchev–Trinajstić information content (AvgIpc) is 3.00. The average molecular weight is 309 g/mol. The van der Waals surface area contributed by atoms with Crippen LogP contribution >= 0.6 is 0 Å². The maximum atomic E-state index is 12.8. The second-order valence-electron chi connectivity index (χ2n) is 8.27. The maximum Gasteiger partial charge on any atom is 0.234 e. The number of rotatable bonds is 4. The van der Waals surface area contributed by atoms with Crippen LogP contribution in [-0.4, -0.2) is 20.2 Å². The van der Waals surface area contributed by atoms with Crippen molar-refractivity contribution in [3.63, 3.8) is 0 Å². The van der Waals surface area contributed by atoms with E-state index >= 15 is 0 Å². The van der Waals surface area contributed by atoms with Crippen molar-refractivity contribution in [2.24, 2.45) is 23.2 Å². The van der Waals surface area contributed by atoms with E-state index < -0.39 is 0 Å². The van der Waals surface area contributed by atoms with Gasteiger partial charge in [0.2, 0.25) is 5.78 Å². The van der Waals surface area contributed by atoms with Gasteiger partial charge in [-0.25, -0.2) is 9.97 Å². The van der Waals surface area contributed by atoms with Crippen LogP contribution in [0.1, 0.15) is 61.9 Å². The standard InChI is InChI=1S/C19H23N3O/c23-17(16-2-4-20-18-21-5-6-22(16)18)1-3-19-10-13-7-14(11-19)9-15(8-13)12-19/h2,4-6,13-15H,1,3,7-12H2. The van der Waals surface area contributed by atoms with Crippen molar-refractivity contribution in [2.75, 3.05) is 0 Å². The zero-order chi connectivity index (χ0) is 15.4. The SMILES string of the molecule is O=C(CCC12CC3CC(CC(C3)C1)C2)c1ccnc2nccn12. The fraction of sp³-hybridized carbons (Fsp3) is 0.632. The summed E-state index contributed by atoms with van der Waals surface area (Å²) in [5, 5.41) is 0. The summed E-state index contributed by atoms with van der Waals surface area (Å²) in [6, 6.07) is 1.83. The number of ketones is 1. The molecular weight excluding hydrogens is 286 g/mol. The first-order valence-electron chi connectivity index (χ1n) is 9.02. The molecule has 23 heavy (non-hydrogen) atoms.